The molecule has 0 unspecified atom stereocenters. The molecule has 134 valence electrons. The quantitative estimate of drug-likeness (QED) is 0.785. The highest BCUT2D eigenvalue weighted by molar-refractivity contribution is 7.89. The van der Waals surface area contributed by atoms with E-state index in [4.69, 9.17) is 14.2 Å². The van der Waals surface area contributed by atoms with Crippen molar-refractivity contribution in [2.45, 2.75) is 11.8 Å². The highest BCUT2D eigenvalue weighted by Gasteiger charge is 2.32. The molecule has 1 saturated heterocycles. The molecule has 1 aromatic rings. The Morgan fingerprint density at radius 3 is 2.33 bits per heavy atom. The van der Waals surface area contributed by atoms with Gasteiger partial charge >= 0.3 is 6.09 Å². The van der Waals surface area contributed by atoms with Crippen molar-refractivity contribution >= 4 is 16.1 Å². The predicted octanol–water partition coefficient (Wildman–Crippen LogP) is 1.17. The van der Waals surface area contributed by atoms with Gasteiger partial charge in [-0.15, -0.1) is 0 Å². The Bertz CT molecular complexity index is 683. The van der Waals surface area contributed by atoms with Crippen LogP contribution < -0.4 is 9.47 Å². The number of amides is 1. The lowest BCUT2D eigenvalue weighted by molar-refractivity contribution is 0.0934. The van der Waals surface area contributed by atoms with Gasteiger partial charge in [-0.05, 0) is 19.1 Å². The largest absolute Gasteiger partial charge is 0.497 e. The van der Waals surface area contributed by atoms with Crippen LogP contribution in [0.25, 0.3) is 0 Å². The number of sulfonamides is 1. The van der Waals surface area contributed by atoms with Crippen LogP contribution in [0.4, 0.5) is 4.79 Å². The molecule has 24 heavy (non-hydrogen) atoms. The third-order valence-corrected chi connectivity index (χ3v) is 5.69. The Morgan fingerprint density at radius 2 is 1.79 bits per heavy atom. The Labute approximate surface area is 141 Å². The third-order valence-electron chi connectivity index (χ3n) is 3.75. The summed E-state index contributed by atoms with van der Waals surface area (Å²) in [7, 11) is -0.810. The van der Waals surface area contributed by atoms with Crippen LogP contribution >= 0.6 is 0 Å². The SMILES string of the molecule is CCOC(=O)N1CCN(S(=O)(=O)c2ccc(OC)cc2OC)CC1. The zero-order chi connectivity index (χ0) is 17.7. The number of ether oxygens (including phenoxy) is 3. The van der Waals surface area contributed by atoms with Crippen LogP contribution in [0.2, 0.25) is 0 Å². The van der Waals surface area contributed by atoms with Gasteiger partial charge in [0.05, 0.1) is 20.8 Å². The van der Waals surface area contributed by atoms with Crippen molar-refractivity contribution in [2.24, 2.45) is 0 Å². The molecule has 0 bridgehead atoms. The molecule has 1 aliphatic rings. The van der Waals surface area contributed by atoms with E-state index in [0.717, 1.165) is 0 Å². The minimum atomic E-state index is -3.72. The molecule has 0 atom stereocenters. The molecule has 0 N–H and O–H groups in total. The van der Waals surface area contributed by atoms with E-state index in [1.807, 2.05) is 0 Å². The fourth-order valence-corrected chi connectivity index (χ4v) is 4.01. The molecule has 9 heteroatoms. The molecular formula is C15H22N2O6S. The van der Waals surface area contributed by atoms with E-state index in [0.29, 0.717) is 12.4 Å². The summed E-state index contributed by atoms with van der Waals surface area (Å²) < 4.78 is 42.2. The minimum absolute atomic E-state index is 0.0791. The summed E-state index contributed by atoms with van der Waals surface area (Å²) in [6.45, 7) is 3.01. The molecule has 1 amide bonds. The molecule has 1 heterocycles. The first-order valence-corrected chi connectivity index (χ1v) is 9.02. The van der Waals surface area contributed by atoms with Crippen molar-refractivity contribution in [2.75, 3.05) is 47.0 Å². The van der Waals surface area contributed by atoms with Gasteiger partial charge in [0.15, 0.2) is 0 Å². The van der Waals surface area contributed by atoms with E-state index in [2.05, 4.69) is 0 Å². The number of piperazine rings is 1. The molecule has 0 aliphatic carbocycles. The molecule has 1 aliphatic heterocycles. The highest BCUT2D eigenvalue weighted by Crippen LogP contribution is 2.31. The van der Waals surface area contributed by atoms with Crippen LogP contribution in [-0.4, -0.2) is 70.7 Å². The maximum Gasteiger partial charge on any atom is 0.409 e. The molecule has 1 aromatic carbocycles. The van der Waals surface area contributed by atoms with Crippen LogP contribution in [0.1, 0.15) is 6.92 Å². The summed E-state index contributed by atoms with van der Waals surface area (Å²) in [5, 5.41) is 0. The summed E-state index contributed by atoms with van der Waals surface area (Å²) in [5.74, 6) is 0.736. The van der Waals surface area contributed by atoms with E-state index >= 15 is 0 Å². The Morgan fingerprint density at radius 1 is 1.12 bits per heavy atom. The van der Waals surface area contributed by atoms with Crippen molar-refractivity contribution in [3.05, 3.63) is 18.2 Å². The number of nitrogens with zero attached hydrogens (tertiary/aromatic N) is 2. The van der Waals surface area contributed by atoms with Gasteiger partial charge < -0.3 is 19.1 Å². The maximum atomic E-state index is 12.8. The van der Waals surface area contributed by atoms with Crippen molar-refractivity contribution < 1.29 is 27.4 Å². The molecule has 2 rings (SSSR count). The predicted molar refractivity (Wildman–Crippen MR) is 86.9 cm³/mol. The van der Waals surface area contributed by atoms with Gasteiger partial charge in [-0.1, -0.05) is 0 Å². The number of methoxy groups -OCH3 is 2. The second kappa shape index (κ2) is 7.71. The summed E-state index contributed by atoms with van der Waals surface area (Å²) in [5.41, 5.74) is 0. The van der Waals surface area contributed by atoms with E-state index in [1.54, 1.807) is 13.0 Å². The van der Waals surface area contributed by atoms with Crippen molar-refractivity contribution in [3.63, 3.8) is 0 Å². The number of hydrogen-bond acceptors (Lipinski definition) is 6. The lowest BCUT2D eigenvalue weighted by Crippen LogP contribution is -2.50. The maximum absolute atomic E-state index is 12.8. The second-order valence-corrected chi connectivity index (χ2v) is 7.01. The topological polar surface area (TPSA) is 85.4 Å². The fourth-order valence-electron chi connectivity index (χ4n) is 2.45. The van der Waals surface area contributed by atoms with Crippen molar-refractivity contribution in [1.82, 2.24) is 9.21 Å². The van der Waals surface area contributed by atoms with Crippen LogP contribution in [0, 0.1) is 0 Å². The van der Waals surface area contributed by atoms with Gasteiger partial charge in [0.2, 0.25) is 10.0 Å². The third kappa shape index (κ3) is 3.73. The molecular weight excluding hydrogens is 336 g/mol. The van der Waals surface area contributed by atoms with Gasteiger partial charge in [0.25, 0.3) is 0 Å². The lowest BCUT2D eigenvalue weighted by atomic mass is 10.3. The average Bonchev–Trinajstić information content (AvgIpc) is 2.61. The van der Waals surface area contributed by atoms with Crippen LogP contribution in [0.15, 0.2) is 23.1 Å². The normalized spacial score (nSPS) is 15.9. The first-order valence-electron chi connectivity index (χ1n) is 7.58. The fraction of sp³-hybridized carbons (Fsp3) is 0.533. The summed E-state index contributed by atoms with van der Waals surface area (Å²) in [6, 6.07) is 4.57. The molecule has 0 radical (unpaired) electrons. The Kier molecular flexibility index (Phi) is 5.89. The summed E-state index contributed by atoms with van der Waals surface area (Å²) in [6.07, 6.45) is -0.420. The molecule has 8 nitrogen and oxygen atoms in total. The monoisotopic (exact) mass is 358 g/mol. The van der Waals surface area contributed by atoms with Gasteiger partial charge in [-0.2, -0.15) is 4.31 Å². The smallest absolute Gasteiger partial charge is 0.409 e. The van der Waals surface area contributed by atoms with Crippen molar-refractivity contribution in [3.8, 4) is 11.5 Å². The summed E-state index contributed by atoms with van der Waals surface area (Å²) >= 11 is 0. The molecule has 0 saturated carbocycles. The second-order valence-electron chi connectivity index (χ2n) is 5.11. The first-order chi connectivity index (χ1) is 11.4. The van der Waals surface area contributed by atoms with Crippen LogP contribution in [0.5, 0.6) is 11.5 Å². The Balaban J connectivity index is 2.16. The summed E-state index contributed by atoms with van der Waals surface area (Å²) in [4.78, 5) is 13.3. The molecule has 1 fully saturated rings. The lowest BCUT2D eigenvalue weighted by Gasteiger charge is -2.33. The van der Waals surface area contributed by atoms with E-state index in [9.17, 15) is 13.2 Å². The van der Waals surface area contributed by atoms with Gasteiger partial charge in [-0.25, -0.2) is 13.2 Å². The first kappa shape index (κ1) is 18.3. The average molecular weight is 358 g/mol. The van der Waals surface area contributed by atoms with Gasteiger partial charge in [0, 0.05) is 32.2 Å². The number of carbonyl (C=O) groups is 1. The van der Waals surface area contributed by atoms with E-state index in [1.165, 1.54) is 35.6 Å². The van der Waals surface area contributed by atoms with Crippen molar-refractivity contribution in [1.29, 1.82) is 0 Å². The van der Waals surface area contributed by atoms with Crippen LogP contribution in [0.3, 0.4) is 0 Å². The highest BCUT2D eigenvalue weighted by atomic mass is 32.2. The zero-order valence-corrected chi connectivity index (χ0v) is 14.8. The van der Waals surface area contributed by atoms with E-state index in [-0.39, 0.29) is 36.8 Å². The van der Waals surface area contributed by atoms with E-state index < -0.39 is 16.1 Å². The van der Waals surface area contributed by atoms with Crippen LogP contribution in [-0.2, 0) is 14.8 Å². The number of carbonyl (C=O) groups excluding carboxylic acids is 1. The van der Waals surface area contributed by atoms with Gasteiger partial charge in [-0.3, -0.25) is 0 Å². The zero-order valence-electron chi connectivity index (χ0n) is 14.0. The van der Waals surface area contributed by atoms with Gasteiger partial charge in [0.1, 0.15) is 16.4 Å². The Hall–Kier alpha value is -2.00. The standard InChI is InChI=1S/C15H22N2O6S/c1-4-23-15(18)16-7-9-17(10-8-16)24(19,20)14-6-5-12(21-2)11-13(14)22-3/h5-6,11H,4,7-10H2,1-3H3. The minimum Gasteiger partial charge on any atom is -0.497 e. The molecule has 0 spiro atoms. The number of rotatable bonds is 5. The molecule has 0 aromatic heterocycles. The number of benzene rings is 1. The number of hydrogen-bond donors (Lipinski definition) is 0.